The Morgan fingerprint density at radius 3 is 2.88 bits per heavy atom. The van der Waals surface area contributed by atoms with E-state index in [2.05, 4.69) is 15.1 Å². The Labute approximate surface area is 146 Å². The monoisotopic (exact) mass is 354 g/mol. The summed E-state index contributed by atoms with van der Waals surface area (Å²) in [6.07, 6.45) is 1.50. The Kier molecular flexibility index (Phi) is 4.02. The highest BCUT2D eigenvalue weighted by molar-refractivity contribution is 7.17. The molecule has 0 unspecified atom stereocenters. The smallest absolute Gasteiger partial charge is 0.271 e. The van der Waals surface area contributed by atoms with Crippen molar-refractivity contribution in [1.29, 1.82) is 0 Å². The molecular formula is C17H14N4O3S. The highest BCUT2D eigenvalue weighted by atomic mass is 32.1. The van der Waals surface area contributed by atoms with E-state index >= 15 is 0 Å². The predicted molar refractivity (Wildman–Crippen MR) is 93.9 cm³/mol. The van der Waals surface area contributed by atoms with Gasteiger partial charge in [-0.1, -0.05) is 5.16 Å². The topological polar surface area (TPSA) is 83.0 Å². The molecule has 0 amide bonds. The molecule has 0 saturated carbocycles. The van der Waals surface area contributed by atoms with Crippen molar-refractivity contribution in [1.82, 2.24) is 19.7 Å². The number of benzene rings is 1. The molecule has 0 atom stereocenters. The van der Waals surface area contributed by atoms with Gasteiger partial charge < -0.3 is 9.26 Å². The number of hydrogen-bond acceptors (Lipinski definition) is 7. The molecule has 3 heterocycles. The number of aromatic nitrogens is 4. The van der Waals surface area contributed by atoms with Crippen molar-refractivity contribution in [3.63, 3.8) is 0 Å². The second-order valence-corrected chi connectivity index (χ2v) is 6.20. The molecule has 126 valence electrons. The fourth-order valence-electron chi connectivity index (χ4n) is 2.44. The SMILES string of the molecule is CCOc1ccc(-c2noc(Cn3cnc4ccsc4c3=O)n2)cc1. The van der Waals surface area contributed by atoms with Crippen LogP contribution in [-0.4, -0.2) is 26.3 Å². The van der Waals surface area contributed by atoms with E-state index in [0.29, 0.717) is 28.5 Å². The highest BCUT2D eigenvalue weighted by Crippen LogP contribution is 2.20. The number of nitrogens with zero attached hydrogens (tertiary/aromatic N) is 4. The second-order valence-electron chi connectivity index (χ2n) is 5.28. The fourth-order valence-corrected chi connectivity index (χ4v) is 3.23. The lowest BCUT2D eigenvalue weighted by molar-refractivity contribution is 0.340. The number of rotatable bonds is 5. The zero-order valence-electron chi connectivity index (χ0n) is 13.4. The van der Waals surface area contributed by atoms with Gasteiger partial charge in [-0.05, 0) is 42.6 Å². The maximum absolute atomic E-state index is 12.4. The van der Waals surface area contributed by atoms with E-state index in [9.17, 15) is 4.79 Å². The van der Waals surface area contributed by atoms with Crippen molar-refractivity contribution >= 4 is 21.6 Å². The Hall–Kier alpha value is -3.00. The molecule has 3 aromatic heterocycles. The van der Waals surface area contributed by atoms with Gasteiger partial charge in [-0.3, -0.25) is 9.36 Å². The van der Waals surface area contributed by atoms with Crippen molar-refractivity contribution in [2.45, 2.75) is 13.5 Å². The Balaban J connectivity index is 1.58. The number of thiophene rings is 1. The van der Waals surface area contributed by atoms with Gasteiger partial charge in [-0.25, -0.2) is 4.98 Å². The third kappa shape index (κ3) is 3.03. The van der Waals surface area contributed by atoms with Crippen LogP contribution < -0.4 is 10.3 Å². The molecule has 25 heavy (non-hydrogen) atoms. The van der Waals surface area contributed by atoms with Crippen LogP contribution in [0.4, 0.5) is 0 Å². The van der Waals surface area contributed by atoms with Crippen molar-refractivity contribution in [2.24, 2.45) is 0 Å². The first-order valence-electron chi connectivity index (χ1n) is 7.73. The summed E-state index contributed by atoms with van der Waals surface area (Å²) in [5, 5.41) is 5.83. The van der Waals surface area contributed by atoms with Crippen LogP contribution in [0.25, 0.3) is 21.6 Å². The number of ether oxygens (including phenoxy) is 1. The molecule has 0 radical (unpaired) electrons. The van der Waals surface area contributed by atoms with Crippen LogP contribution in [0.2, 0.25) is 0 Å². The molecule has 1 aromatic carbocycles. The van der Waals surface area contributed by atoms with Gasteiger partial charge in [0.2, 0.25) is 11.7 Å². The minimum absolute atomic E-state index is 0.110. The molecule has 8 heteroatoms. The summed E-state index contributed by atoms with van der Waals surface area (Å²) in [5.74, 6) is 1.61. The average Bonchev–Trinajstić information content (AvgIpc) is 3.28. The van der Waals surface area contributed by atoms with Crippen LogP contribution in [0.3, 0.4) is 0 Å². The van der Waals surface area contributed by atoms with Crippen LogP contribution in [0, 0.1) is 0 Å². The first-order valence-corrected chi connectivity index (χ1v) is 8.61. The Morgan fingerprint density at radius 1 is 1.24 bits per heavy atom. The third-order valence-corrected chi connectivity index (χ3v) is 4.52. The van der Waals surface area contributed by atoms with E-state index < -0.39 is 0 Å². The minimum Gasteiger partial charge on any atom is -0.494 e. The van der Waals surface area contributed by atoms with Crippen molar-refractivity contribution < 1.29 is 9.26 Å². The van der Waals surface area contributed by atoms with E-state index in [4.69, 9.17) is 9.26 Å². The molecule has 0 bridgehead atoms. The predicted octanol–water partition coefficient (Wildman–Crippen LogP) is 2.96. The van der Waals surface area contributed by atoms with Crippen molar-refractivity contribution in [2.75, 3.05) is 6.61 Å². The quantitative estimate of drug-likeness (QED) is 0.548. The normalized spacial score (nSPS) is 11.1. The first-order chi connectivity index (χ1) is 12.2. The largest absolute Gasteiger partial charge is 0.494 e. The molecule has 0 aliphatic carbocycles. The van der Waals surface area contributed by atoms with Crippen LogP contribution in [-0.2, 0) is 6.54 Å². The van der Waals surface area contributed by atoms with E-state index in [1.807, 2.05) is 42.6 Å². The van der Waals surface area contributed by atoms with E-state index in [1.165, 1.54) is 22.2 Å². The average molecular weight is 354 g/mol. The molecule has 0 fully saturated rings. The van der Waals surface area contributed by atoms with E-state index in [0.717, 1.165) is 11.3 Å². The zero-order valence-corrected chi connectivity index (χ0v) is 14.2. The lowest BCUT2D eigenvalue weighted by Gasteiger charge is -2.02. The molecule has 0 saturated heterocycles. The van der Waals surface area contributed by atoms with Crippen LogP contribution in [0.1, 0.15) is 12.8 Å². The van der Waals surface area contributed by atoms with Crippen molar-refractivity contribution in [3.05, 3.63) is 58.3 Å². The maximum Gasteiger partial charge on any atom is 0.271 e. The molecule has 4 rings (SSSR count). The number of fused-ring (bicyclic) bond motifs is 1. The maximum atomic E-state index is 12.4. The standard InChI is InChI=1S/C17H14N4O3S/c1-2-23-12-5-3-11(4-6-12)16-19-14(24-20-16)9-21-10-18-13-7-8-25-15(13)17(21)22/h3-8,10H,2,9H2,1H3. The molecule has 4 aromatic rings. The molecule has 7 nitrogen and oxygen atoms in total. The van der Waals surface area contributed by atoms with E-state index in [-0.39, 0.29) is 12.1 Å². The summed E-state index contributed by atoms with van der Waals surface area (Å²) in [6, 6.07) is 9.26. The highest BCUT2D eigenvalue weighted by Gasteiger charge is 2.12. The first kappa shape index (κ1) is 15.5. The van der Waals surface area contributed by atoms with Crippen LogP contribution >= 0.6 is 11.3 Å². The molecule has 0 spiro atoms. The third-order valence-electron chi connectivity index (χ3n) is 3.63. The molecule has 0 aliphatic rings. The van der Waals surface area contributed by atoms with Crippen LogP contribution in [0.5, 0.6) is 5.75 Å². The van der Waals surface area contributed by atoms with E-state index in [1.54, 1.807) is 0 Å². The number of hydrogen-bond donors (Lipinski definition) is 0. The lowest BCUT2D eigenvalue weighted by atomic mass is 10.2. The molecule has 0 aliphatic heterocycles. The second kappa shape index (κ2) is 6.48. The van der Waals surface area contributed by atoms with Gasteiger partial charge in [0.25, 0.3) is 5.56 Å². The summed E-state index contributed by atoms with van der Waals surface area (Å²) in [6.45, 7) is 2.73. The molecule has 0 N–H and O–H groups in total. The van der Waals surface area contributed by atoms with Crippen molar-refractivity contribution in [3.8, 4) is 17.1 Å². The van der Waals surface area contributed by atoms with Gasteiger partial charge in [0, 0.05) is 5.56 Å². The van der Waals surface area contributed by atoms with Gasteiger partial charge in [-0.15, -0.1) is 11.3 Å². The summed E-state index contributed by atoms with van der Waals surface area (Å²) >= 11 is 1.37. The van der Waals surface area contributed by atoms with Gasteiger partial charge in [-0.2, -0.15) is 4.98 Å². The van der Waals surface area contributed by atoms with Gasteiger partial charge in [0.05, 0.1) is 18.5 Å². The summed E-state index contributed by atoms with van der Waals surface area (Å²) in [5.41, 5.74) is 1.41. The summed E-state index contributed by atoms with van der Waals surface area (Å²) in [4.78, 5) is 21.0. The fraction of sp³-hybridized carbons (Fsp3) is 0.176. The zero-order chi connectivity index (χ0) is 17.2. The lowest BCUT2D eigenvalue weighted by Crippen LogP contribution is -2.20. The Morgan fingerprint density at radius 2 is 2.08 bits per heavy atom. The molecular weight excluding hydrogens is 340 g/mol. The van der Waals surface area contributed by atoms with Gasteiger partial charge in [0.15, 0.2) is 0 Å². The summed E-state index contributed by atoms with van der Waals surface area (Å²) < 4.78 is 12.8. The Bertz CT molecular complexity index is 1070. The minimum atomic E-state index is -0.110. The summed E-state index contributed by atoms with van der Waals surface area (Å²) in [7, 11) is 0. The van der Waals surface area contributed by atoms with Gasteiger partial charge >= 0.3 is 0 Å². The van der Waals surface area contributed by atoms with Gasteiger partial charge in [0.1, 0.15) is 17.0 Å². The van der Waals surface area contributed by atoms with Crippen LogP contribution in [0.15, 0.2) is 51.4 Å².